The van der Waals surface area contributed by atoms with E-state index >= 15 is 0 Å². The first-order chi connectivity index (χ1) is 10.4. The highest BCUT2D eigenvalue weighted by Gasteiger charge is 2.26. The van der Waals surface area contributed by atoms with Crippen LogP contribution >= 0.6 is 11.6 Å². The molecule has 1 saturated heterocycles. The molecule has 0 unspecified atom stereocenters. The average molecular weight is 326 g/mol. The van der Waals surface area contributed by atoms with E-state index in [-0.39, 0.29) is 11.6 Å². The first-order valence-corrected chi connectivity index (χ1v) is 7.73. The van der Waals surface area contributed by atoms with Crippen molar-refractivity contribution in [1.82, 2.24) is 4.90 Å². The molecule has 6 nitrogen and oxygen atoms in total. The summed E-state index contributed by atoms with van der Waals surface area (Å²) >= 11 is 5.84. The minimum absolute atomic E-state index is 0.00876. The summed E-state index contributed by atoms with van der Waals surface area (Å²) in [5, 5.41) is 11.5. The smallest absolute Gasteiger partial charge is 0.294 e. The molecule has 1 aliphatic rings. The number of benzene rings is 1. The Hall–Kier alpha value is -1.82. The van der Waals surface area contributed by atoms with Gasteiger partial charge in [-0.3, -0.25) is 14.9 Å². The Morgan fingerprint density at radius 1 is 1.32 bits per heavy atom. The van der Waals surface area contributed by atoms with Crippen LogP contribution in [0, 0.1) is 16.0 Å². The zero-order chi connectivity index (χ0) is 16.3. The number of hydrogen-bond donors (Lipinski definition) is 0. The summed E-state index contributed by atoms with van der Waals surface area (Å²) < 4.78 is 0. The first-order valence-electron chi connectivity index (χ1n) is 7.35. The zero-order valence-corrected chi connectivity index (χ0v) is 13.5. The van der Waals surface area contributed by atoms with E-state index in [0.717, 1.165) is 0 Å². The molecule has 0 N–H and O–H groups in total. The quantitative estimate of drug-likeness (QED) is 0.630. The molecule has 0 bridgehead atoms. The van der Waals surface area contributed by atoms with Crippen LogP contribution in [0.5, 0.6) is 0 Å². The van der Waals surface area contributed by atoms with Crippen LogP contribution in [0.1, 0.15) is 20.3 Å². The summed E-state index contributed by atoms with van der Waals surface area (Å²) in [6.45, 7) is 6.39. The van der Waals surface area contributed by atoms with Gasteiger partial charge in [-0.25, -0.2) is 0 Å². The van der Waals surface area contributed by atoms with Crippen molar-refractivity contribution in [2.75, 3.05) is 31.1 Å². The summed E-state index contributed by atoms with van der Waals surface area (Å²) in [4.78, 5) is 26.6. The van der Waals surface area contributed by atoms with E-state index < -0.39 is 4.92 Å². The van der Waals surface area contributed by atoms with Crippen LogP contribution in [0.15, 0.2) is 18.2 Å². The normalized spacial score (nSPS) is 15.3. The van der Waals surface area contributed by atoms with Crippen molar-refractivity contribution in [3.63, 3.8) is 0 Å². The number of amides is 1. The van der Waals surface area contributed by atoms with Crippen molar-refractivity contribution in [3.8, 4) is 0 Å². The summed E-state index contributed by atoms with van der Waals surface area (Å²) in [7, 11) is 0. The molecule has 1 amide bonds. The van der Waals surface area contributed by atoms with Crippen LogP contribution in [0.2, 0.25) is 5.02 Å². The molecule has 1 aromatic carbocycles. The molecule has 1 heterocycles. The average Bonchev–Trinajstić information content (AvgIpc) is 2.46. The van der Waals surface area contributed by atoms with Crippen molar-refractivity contribution in [3.05, 3.63) is 33.3 Å². The second kappa shape index (κ2) is 6.96. The van der Waals surface area contributed by atoms with Gasteiger partial charge in [0, 0.05) is 43.7 Å². The van der Waals surface area contributed by atoms with E-state index in [9.17, 15) is 14.9 Å². The van der Waals surface area contributed by atoms with Gasteiger partial charge in [0.1, 0.15) is 5.69 Å². The fraction of sp³-hybridized carbons (Fsp3) is 0.533. The first kappa shape index (κ1) is 16.5. The molecule has 1 aromatic rings. The van der Waals surface area contributed by atoms with E-state index in [2.05, 4.69) is 0 Å². The molecule has 0 aliphatic carbocycles. The number of anilines is 1. The van der Waals surface area contributed by atoms with Crippen LogP contribution in [0.3, 0.4) is 0 Å². The van der Waals surface area contributed by atoms with Gasteiger partial charge in [0.2, 0.25) is 5.91 Å². The molecule has 0 saturated carbocycles. The fourth-order valence-electron chi connectivity index (χ4n) is 2.59. The minimum atomic E-state index is -0.419. The van der Waals surface area contributed by atoms with Crippen LogP contribution in [0.25, 0.3) is 0 Å². The van der Waals surface area contributed by atoms with Crippen molar-refractivity contribution >= 4 is 28.9 Å². The lowest BCUT2D eigenvalue weighted by Gasteiger charge is -2.36. The van der Waals surface area contributed by atoms with Crippen LogP contribution in [-0.2, 0) is 4.79 Å². The molecule has 120 valence electrons. The van der Waals surface area contributed by atoms with E-state index in [1.807, 2.05) is 23.6 Å². The molecule has 0 radical (unpaired) electrons. The Morgan fingerprint density at radius 2 is 1.95 bits per heavy atom. The Kier molecular flexibility index (Phi) is 5.24. The number of nitro groups is 1. The Morgan fingerprint density at radius 3 is 2.50 bits per heavy atom. The number of piperazine rings is 1. The topological polar surface area (TPSA) is 66.7 Å². The number of carbonyl (C=O) groups excluding carboxylic acids is 1. The van der Waals surface area contributed by atoms with E-state index in [0.29, 0.717) is 49.2 Å². The highest BCUT2D eigenvalue weighted by Crippen LogP contribution is 2.31. The van der Waals surface area contributed by atoms with Gasteiger partial charge in [-0.1, -0.05) is 25.4 Å². The Balaban J connectivity index is 2.06. The SMILES string of the molecule is CC(C)CC(=O)N1CCN(c2ccc(Cl)cc2[N+](=O)[O-])CC1. The largest absolute Gasteiger partial charge is 0.362 e. The number of halogens is 1. The van der Waals surface area contributed by atoms with Gasteiger partial charge in [0.25, 0.3) is 5.69 Å². The predicted molar refractivity (Wildman–Crippen MR) is 86.4 cm³/mol. The number of nitrogens with zero attached hydrogens (tertiary/aromatic N) is 3. The highest BCUT2D eigenvalue weighted by atomic mass is 35.5. The standard InChI is InChI=1S/C15H20ClN3O3/c1-11(2)9-15(20)18-7-5-17(6-8-18)13-4-3-12(16)10-14(13)19(21)22/h3-4,10-11H,5-9H2,1-2H3. The summed E-state index contributed by atoms with van der Waals surface area (Å²) in [6, 6.07) is 4.69. The third-order valence-electron chi connectivity index (χ3n) is 3.69. The second-order valence-electron chi connectivity index (χ2n) is 5.86. The monoisotopic (exact) mass is 325 g/mol. The summed E-state index contributed by atoms with van der Waals surface area (Å²) in [6.07, 6.45) is 0.543. The van der Waals surface area contributed by atoms with E-state index in [1.54, 1.807) is 12.1 Å². The second-order valence-corrected chi connectivity index (χ2v) is 6.29. The van der Waals surface area contributed by atoms with Crippen LogP contribution in [0.4, 0.5) is 11.4 Å². The number of nitro benzene ring substituents is 1. The molecule has 0 aromatic heterocycles. The maximum atomic E-state index is 12.1. The minimum Gasteiger partial charge on any atom is -0.362 e. The van der Waals surface area contributed by atoms with Crippen LogP contribution < -0.4 is 4.90 Å². The molecule has 1 aliphatic heterocycles. The highest BCUT2D eigenvalue weighted by molar-refractivity contribution is 6.30. The Bertz CT molecular complexity index is 569. The molecule has 7 heteroatoms. The lowest BCUT2D eigenvalue weighted by Crippen LogP contribution is -2.49. The van der Waals surface area contributed by atoms with E-state index in [1.165, 1.54) is 6.07 Å². The van der Waals surface area contributed by atoms with Gasteiger partial charge in [0.05, 0.1) is 4.92 Å². The third kappa shape index (κ3) is 3.88. The summed E-state index contributed by atoms with van der Waals surface area (Å²) in [5.74, 6) is 0.489. The molecule has 2 rings (SSSR count). The van der Waals surface area contributed by atoms with Gasteiger partial charge in [-0.2, -0.15) is 0 Å². The van der Waals surface area contributed by atoms with Gasteiger partial charge in [-0.15, -0.1) is 0 Å². The van der Waals surface area contributed by atoms with Gasteiger partial charge < -0.3 is 9.80 Å². The van der Waals surface area contributed by atoms with Gasteiger partial charge in [0.15, 0.2) is 0 Å². The molecule has 22 heavy (non-hydrogen) atoms. The van der Waals surface area contributed by atoms with Gasteiger partial charge >= 0.3 is 0 Å². The molecule has 0 spiro atoms. The van der Waals surface area contributed by atoms with Crippen molar-refractivity contribution < 1.29 is 9.72 Å². The van der Waals surface area contributed by atoms with E-state index in [4.69, 9.17) is 11.6 Å². The fourth-order valence-corrected chi connectivity index (χ4v) is 2.75. The number of hydrogen-bond acceptors (Lipinski definition) is 4. The van der Waals surface area contributed by atoms with Crippen molar-refractivity contribution in [2.45, 2.75) is 20.3 Å². The van der Waals surface area contributed by atoms with Crippen LogP contribution in [-0.4, -0.2) is 41.9 Å². The predicted octanol–water partition coefficient (Wildman–Crippen LogP) is 2.94. The molecule has 1 fully saturated rings. The summed E-state index contributed by atoms with van der Waals surface area (Å²) in [5.41, 5.74) is 0.569. The molecular weight excluding hydrogens is 306 g/mol. The lowest BCUT2D eigenvalue weighted by molar-refractivity contribution is -0.384. The molecular formula is C15H20ClN3O3. The van der Waals surface area contributed by atoms with Gasteiger partial charge in [-0.05, 0) is 18.1 Å². The zero-order valence-electron chi connectivity index (χ0n) is 12.8. The Labute approximate surface area is 134 Å². The maximum Gasteiger partial charge on any atom is 0.294 e. The van der Waals surface area contributed by atoms with Crippen molar-refractivity contribution in [2.24, 2.45) is 5.92 Å². The maximum absolute atomic E-state index is 12.1. The lowest BCUT2D eigenvalue weighted by atomic mass is 10.1. The van der Waals surface area contributed by atoms with Crippen molar-refractivity contribution in [1.29, 1.82) is 0 Å². The number of carbonyl (C=O) groups is 1. The molecule has 0 atom stereocenters. The third-order valence-corrected chi connectivity index (χ3v) is 3.93. The number of rotatable bonds is 4.